The van der Waals surface area contributed by atoms with Crippen molar-refractivity contribution in [1.82, 2.24) is 29.3 Å². The van der Waals surface area contributed by atoms with Gasteiger partial charge in [0.2, 0.25) is 5.82 Å². The van der Waals surface area contributed by atoms with E-state index in [1.54, 1.807) is 0 Å². The molecule has 4 aromatic rings. The number of fused-ring (bicyclic) bond motifs is 1. The van der Waals surface area contributed by atoms with E-state index in [9.17, 15) is 34.8 Å². The van der Waals surface area contributed by atoms with E-state index in [2.05, 4.69) is 20.1 Å². The van der Waals surface area contributed by atoms with Crippen molar-refractivity contribution in [3.63, 3.8) is 0 Å². The Kier molecular flexibility index (Phi) is 5.65. The third-order valence-corrected chi connectivity index (χ3v) is 7.04. The van der Waals surface area contributed by atoms with Crippen LogP contribution in [-0.2, 0) is 36.3 Å². The van der Waals surface area contributed by atoms with Crippen molar-refractivity contribution in [3.05, 3.63) is 41.9 Å². The zero-order valence-electron chi connectivity index (χ0n) is 18.3. The third kappa shape index (κ3) is 4.35. The molecule has 0 unspecified atom stereocenters. The van der Waals surface area contributed by atoms with E-state index in [0.29, 0.717) is 0 Å². The molecule has 3 heterocycles. The Hall–Kier alpha value is -3.49. The van der Waals surface area contributed by atoms with E-state index in [1.807, 2.05) is 0 Å². The van der Waals surface area contributed by atoms with Crippen molar-refractivity contribution in [2.45, 2.75) is 24.2 Å². The van der Waals surface area contributed by atoms with Gasteiger partial charge in [0.1, 0.15) is 5.69 Å². The number of rotatable bonds is 4. The van der Waals surface area contributed by atoms with Gasteiger partial charge in [-0.25, -0.2) is 23.1 Å². The molecule has 3 aromatic heterocycles. The van der Waals surface area contributed by atoms with E-state index in [0.717, 1.165) is 46.8 Å². The molecule has 186 valence electrons. The van der Waals surface area contributed by atoms with Crippen molar-refractivity contribution >= 4 is 20.9 Å². The fourth-order valence-corrected chi connectivity index (χ4v) is 4.60. The van der Waals surface area contributed by atoms with Crippen LogP contribution >= 0.6 is 0 Å². The highest BCUT2D eigenvalue weighted by molar-refractivity contribution is 7.91. The maximum absolute atomic E-state index is 13.4. The van der Waals surface area contributed by atoms with E-state index in [4.69, 9.17) is 0 Å². The quantitative estimate of drug-likeness (QED) is 0.375. The lowest BCUT2D eigenvalue weighted by molar-refractivity contribution is -0.146. The zero-order chi connectivity index (χ0) is 25.9. The standard InChI is InChI=1S/C20H16F6N6O2S/c1-4-35(33,34)15-9-14-12(28-18(31(14)2)20(24,25)26)8-11(15)16-29-17(32(3)30-16)13-7-10(5-6-27-13)19(21,22)23/h5-9H,4H2,1-3H3. The molecule has 1 aromatic carbocycles. The number of halogens is 6. The molecular weight excluding hydrogens is 502 g/mol. The van der Waals surface area contributed by atoms with Crippen LogP contribution in [0.4, 0.5) is 26.3 Å². The first-order valence-corrected chi connectivity index (χ1v) is 11.5. The summed E-state index contributed by atoms with van der Waals surface area (Å²) in [5.41, 5.74) is -1.53. The molecule has 0 atom stereocenters. The molecule has 0 fully saturated rings. The second-order valence-corrected chi connectivity index (χ2v) is 9.79. The van der Waals surface area contributed by atoms with Crippen LogP contribution in [0.25, 0.3) is 33.9 Å². The lowest BCUT2D eigenvalue weighted by atomic mass is 10.2. The molecule has 0 aliphatic carbocycles. The fraction of sp³-hybridized carbons (Fsp3) is 0.300. The maximum Gasteiger partial charge on any atom is 0.449 e. The average Bonchev–Trinajstić information content (AvgIpc) is 3.32. The van der Waals surface area contributed by atoms with E-state index in [1.165, 1.54) is 14.0 Å². The number of pyridine rings is 1. The Bertz CT molecular complexity index is 1550. The summed E-state index contributed by atoms with van der Waals surface area (Å²) in [6, 6.07) is 3.71. The van der Waals surface area contributed by atoms with Gasteiger partial charge in [-0.2, -0.15) is 31.4 Å². The molecule has 0 saturated carbocycles. The van der Waals surface area contributed by atoms with Gasteiger partial charge in [-0.3, -0.25) is 4.98 Å². The summed E-state index contributed by atoms with van der Waals surface area (Å²) < 4.78 is 107. The molecule has 0 spiro atoms. The highest BCUT2D eigenvalue weighted by Crippen LogP contribution is 2.36. The van der Waals surface area contributed by atoms with Gasteiger partial charge in [-0.1, -0.05) is 6.92 Å². The molecular formula is C20H16F6N6O2S. The summed E-state index contributed by atoms with van der Waals surface area (Å²) in [6.45, 7) is 1.36. The number of sulfone groups is 1. The monoisotopic (exact) mass is 518 g/mol. The largest absolute Gasteiger partial charge is 0.449 e. The summed E-state index contributed by atoms with van der Waals surface area (Å²) in [7, 11) is -1.51. The smallest absolute Gasteiger partial charge is 0.323 e. The Morgan fingerprint density at radius 2 is 1.66 bits per heavy atom. The Morgan fingerprint density at radius 1 is 0.971 bits per heavy atom. The zero-order valence-corrected chi connectivity index (χ0v) is 19.1. The van der Waals surface area contributed by atoms with Crippen LogP contribution in [0.1, 0.15) is 18.3 Å². The van der Waals surface area contributed by atoms with Gasteiger partial charge in [-0.05, 0) is 24.3 Å². The number of hydrogen-bond acceptors (Lipinski definition) is 6. The van der Waals surface area contributed by atoms with Gasteiger partial charge in [0.05, 0.1) is 27.2 Å². The molecule has 35 heavy (non-hydrogen) atoms. The summed E-state index contributed by atoms with van der Waals surface area (Å²) in [5, 5.41) is 4.11. The Balaban J connectivity index is 1.96. The predicted octanol–water partition coefficient (Wildman–Crippen LogP) is 4.26. The minimum atomic E-state index is -4.79. The highest BCUT2D eigenvalue weighted by atomic mass is 32.2. The van der Waals surface area contributed by atoms with Gasteiger partial charge in [0.15, 0.2) is 21.5 Å². The van der Waals surface area contributed by atoms with Crippen LogP contribution in [0.5, 0.6) is 0 Å². The number of hydrogen-bond donors (Lipinski definition) is 0. The van der Waals surface area contributed by atoms with Gasteiger partial charge < -0.3 is 4.57 Å². The molecule has 0 radical (unpaired) electrons. The molecule has 0 amide bonds. The molecule has 8 nitrogen and oxygen atoms in total. The number of nitrogens with zero attached hydrogens (tertiary/aromatic N) is 6. The van der Waals surface area contributed by atoms with Gasteiger partial charge in [0, 0.05) is 25.9 Å². The average molecular weight is 518 g/mol. The van der Waals surface area contributed by atoms with Crippen LogP contribution in [0.2, 0.25) is 0 Å². The third-order valence-electron chi connectivity index (χ3n) is 5.27. The molecule has 0 aliphatic heterocycles. The van der Waals surface area contributed by atoms with Gasteiger partial charge >= 0.3 is 12.4 Å². The minimum Gasteiger partial charge on any atom is -0.323 e. The number of imidazole rings is 1. The normalized spacial score (nSPS) is 13.1. The maximum atomic E-state index is 13.4. The van der Waals surface area contributed by atoms with Crippen molar-refractivity contribution in [2.75, 3.05) is 5.75 Å². The van der Waals surface area contributed by atoms with Crippen LogP contribution in [-0.4, -0.2) is 43.5 Å². The molecule has 15 heteroatoms. The van der Waals surface area contributed by atoms with Gasteiger partial charge in [0.25, 0.3) is 0 Å². The number of aromatic nitrogens is 6. The van der Waals surface area contributed by atoms with Crippen molar-refractivity contribution in [2.24, 2.45) is 14.1 Å². The fourth-order valence-electron chi connectivity index (χ4n) is 3.51. The summed E-state index contributed by atoms with van der Waals surface area (Å²) in [4.78, 5) is 11.3. The van der Waals surface area contributed by atoms with Crippen LogP contribution in [0, 0.1) is 0 Å². The second kappa shape index (κ2) is 8.03. The molecule has 4 rings (SSSR count). The van der Waals surface area contributed by atoms with Crippen molar-refractivity contribution in [3.8, 4) is 22.9 Å². The van der Waals surface area contributed by atoms with Crippen molar-refractivity contribution in [1.29, 1.82) is 0 Å². The molecule has 0 saturated heterocycles. The predicted molar refractivity (Wildman–Crippen MR) is 112 cm³/mol. The number of benzene rings is 1. The molecule has 0 N–H and O–H groups in total. The SMILES string of the molecule is CCS(=O)(=O)c1cc2c(cc1-c1nc(-c3cc(C(F)(F)F)ccn3)n(C)n1)nc(C(F)(F)F)n2C. The molecule has 0 bridgehead atoms. The Labute approximate surface area is 194 Å². The second-order valence-electron chi connectivity index (χ2n) is 7.54. The lowest BCUT2D eigenvalue weighted by Crippen LogP contribution is -2.12. The topological polar surface area (TPSA) is 95.6 Å². The van der Waals surface area contributed by atoms with Crippen molar-refractivity contribution < 1.29 is 34.8 Å². The summed E-state index contributed by atoms with van der Waals surface area (Å²) in [6.07, 6.45) is -8.48. The first-order valence-electron chi connectivity index (χ1n) is 9.89. The summed E-state index contributed by atoms with van der Waals surface area (Å²) >= 11 is 0. The van der Waals surface area contributed by atoms with E-state index in [-0.39, 0.29) is 44.6 Å². The minimum absolute atomic E-state index is 0.0798. The highest BCUT2D eigenvalue weighted by Gasteiger charge is 2.37. The summed E-state index contributed by atoms with van der Waals surface area (Å²) in [5.74, 6) is -1.94. The number of alkyl halides is 6. The first-order chi connectivity index (χ1) is 16.1. The molecule has 0 aliphatic rings. The first kappa shape index (κ1) is 24.6. The van der Waals surface area contributed by atoms with E-state index < -0.39 is 33.6 Å². The number of aryl methyl sites for hydroxylation is 2. The van der Waals surface area contributed by atoms with Crippen LogP contribution in [0.15, 0.2) is 35.4 Å². The Morgan fingerprint density at radius 3 is 2.26 bits per heavy atom. The van der Waals surface area contributed by atoms with Crippen LogP contribution < -0.4 is 0 Å². The van der Waals surface area contributed by atoms with Crippen LogP contribution in [0.3, 0.4) is 0 Å². The lowest BCUT2D eigenvalue weighted by Gasteiger charge is -2.09. The van der Waals surface area contributed by atoms with E-state index >= 15 is 0 Å². The van der Waals surface area contributed by atoms with Gasteiger partial charge in [-0.15, -0.1) is 0 Å².